The molecule has 0 bridgehead atoms. The summed E-state index contributed by atoms with van der Waals surface area (Å²) < 4.78 is 3.55. The molecule has 1 heterocycles. The molecule has 3 N–H and O–H groups in total. The summed E-state index contributed by atoms with van der Waals surface area (Å²) in [7, 11) is 0. The van der Waals surface area contributed by atoms with Gasteiger partial charge in [0, 0.05) is 21.7 Å². The van der Waals surface area contributed by atoms with Crippen LogP contribution in [0.5, 0.6) is 0 Å². The third kappa shape index (κ3) is 3.68. The minimum Gasteiger partial charge on any atom is -0.397 e. The average molecular weight is 415 g/mol. The van der Waals surface area contributed by atoms with Gasteiger partial charge in [0.05, 0.1) is 11.4 Å². The highest BCUT2D eigenvalue weighted by atomic mass is 79.9. The van der Waals surface area contributed by atoms with Crippen LogP contribution in [0.15, 0.2) is 33.3 Å². The van der Waals surface area contributed by atoms with Gasteiger partial charge >= 0.3 is 0 Å². The van der Waals surface area contributed by atoms with E-state index >= 15 is 0 Å². The van der Waals surface area contributed by atoms with Crippen LogP contribution in [-0.2, 0) is 6.54 Å². The van der Waals surface area contributed by atoms with Crippen molar-refractivity contribution in [1.29, 1.82) is 0 Å². The van der Waals surface area contributed by atoms with Crippen LogP contribution < -0.4 is 11.1 Å². The zero-order valence-corrected chi connectivity index (χ0v) is 15.1. The van der Waals surface area contributed by atoms with Crippen molar-refractivity contribution in [3.63, 3.8) is 0 Å². The Bertz CT molecular complexity index is 657. The van der Waals surface area contributed by atoms with Crippen molar-refractivity contribution in [2.75, 3.05) is 11.1 Å². The molecule has 112 valence electrons. The number of nitrogens with zero attached hydrogens (tertiary/aromatic N) is 1. The second kappa shape index (κ2) is 6.66. The SMILES string of the molecule is CCCn1cc(N)cc1C(=O)Nc1c(Br)cc(C)cc1Br. The van der Waals surface area contributed by atoms with E-state index in [9.17, 15) is 4.79 Å². The number of nitrogen functional groups attached to an aromatic ring is 1. The maximum absolute atomic E-state index is 12.5. The Labute approximate surface area is 141 Å². The van der Waals surface area contributed by atoms with Crippen molar-refractivity contribution >= 4 is 49.1 Å². The van der Waals surface area contributed by atoms with Crippen molar-refractivity contribution in [2.45, 2.75) is 26.8 Å². The molecule has 0 radical (unpaired) electrons. The molecule has 2 rings (SSSR count). The smallest absolute Gasteiger partial charge is 0.272 e. The number of nitrogens with two attached hydrogens (primary N) is 1. The van der Waals surface area contributed by atoms with Crippen LogP contribution in [0, 0.1) is 6.92 Å². The summed E-state index contributed by atoms with van der Waals surface area (Å²) in [6.07, 6.45) is 2.73. The lowest BCUT2D eigenvalue weighted by Crippen LogP contribution is -2.17. The summed E-state index contributed by atoms with van der Waals surface area (Å²) in [6.45, 7) is 4.81. The van der Waals surface area contributed by atoms with Gasteiger partial charge in [-0.25, -0.2) is 0 Å². The number of aromatic nitrogens is 1. The minimum absolute atomic E-state index is 0.176. The van der Waals surface area contributed by atoms with Gasteiger partial charge in [0.1, 0.15) is 5.69 Å². The van der Waals surface area contributed by atoms with E-state index in [0.29, 0.717) is 17.1 Å². The van der Waals surface area contributed by atoms with E-state index < -0.39 is 0 Å². The minimum atomic E-state index is -0.176. The number of rotatable bonds is 4. The highest BCUT2D eigenvalue weighted by Crippen LogP contribution is 2.32. The lowest BCUT2D eigenvalue weighted by molar-refractivity contribution is 0.101. The van der Waals surface area contributed by atoms with Gasteiger partial charge in [0.15, 0.2) is 0 Å². The molecule has 0 aliphatic carbocycles. The molecule has 21 heavy (non-hydrogen) atoms. The molecule has 0 aliphatic rings. The zero-order valence-electron chi connectivity index (χ0n) is 11.9. The number of carbonyl (C=O) groups is 1. The summed E-state index contributed by atoms with van der Waals surface area (Å²) in [6, 6.07) is 5.61. The van der Waals surface area contributed by atoms with Crippen molar-refractivity contribution in [3.8, 4) is 0 Å². The first kappa shape index (κ1) is 16.1. The number of aryl methyl sites for hydroxylation is 2. The van der Waals surface area contributed by atoms with Gasteiger partial charge in [-0.1, -0.05) is 6.92 Å². The fourth-order valence-electron chi connectivity index (χ4n) is 2.15. The topological polar surface area (TPSA) is 60.0 Å². The number of benzene rings is 1. The van der Waals surface area contributed by atoms with E-state index in [2.05, 4.69) is 44.1 Å². The number of halogens is 2. The molecule has 0 saturated carbocycles. The Morgan fingerprint density at radius 3 is 2.48 bits per heavy atom. The predicted molar refractivity (Wildman–Crippen MR) is 93.7 cm³/mol. The van der Waals surface area contributed by atoms with E-state index in [1.807, 2.05) is 23.6 Å². The Kier molecular flexibility index (Phi) is 5.11. The van der Waals surface area contributed by atoms with Crippen LogP contribution in [0.4, 0.5) is 11.4 Å². The fourth-order valence-corrected chi connectivity index (χ4v) is 3.76. The van der Waals surface area contributed by atoms with Crippen molar-refractivity contribution < 1.29 is 4.79 Å². The van der Waals surface area contributed by atoms with Gasteiger partial charge in [-0.3, -0.25) is 4.79 Å². The highest BCUT2D eigenvalue weighted by Gasteiger charge is 2.16. The van der Waals surface area contributed by atoms with Crippen LogP contribution in [0.25, 0.3) is 0 Å². The van der Waals surface area contributed by atoms with E-state index in [1.165, 1.54) is 0 Å². The molecular weight excluding hydrogens is 398 g/mol. The number of nitrogens with one attached hydrogen (secondary N) is 1. The van der Waals surface area contributed by atoms with Crippen LogP contribution in [0.1, 0.15) is 29.4 Å². The summed E-state index contributed by atoms with van der Waals surface area (Å²) in [4.78, 5) is 12.5. The van der Waals surface area contributed by atoms with Gasteiger partial charge in [0.25, 0.3) is 5.91 Å². The molecule has 1 aromatic carbocycles. The Morgan fingerprint density at radius 1 is 1.29 bits per heavy atom. The molecule has 0 spiro atoms. The molecular formula is C15H17Br2N3O. The monoisotopic (exact) mass is 413 g/mol. The quantitative estimate of drug-likeness (QED) is 0.769. The maximum Gasteiger partial charge on any atom is 0.272 e. The Balaban J connectivity index is 2.30. The number of carbonyl (C=O) groups excluding carboxylic acids is 1. The van der Waals surface area contributed by atoms with E-state index in [-0.39, 0.29) is 5.91 Å². The van der Waals surface area contributed by atoms with Gasteiger partial charge < -0.3 is 15.6 Å². The molecule has 0 saturated heterocycles. The molecule has 1 aromatic heterocycles. The van der Waals surface area contributed by atoms with Gasteiger partial charge in [0.2, 0.25) is 0 Å². The Hall–Kier alpha value is -1.27. The average Bonchev–Trinajstić information content (AvgIpc) is 2.75. The number of amides is 1. The van der Waals surface area contributed by atoms with Crippen LogP contribution in [-0.4, -0.2) is 10.5 Å². The van der Waals surface area contributed by atoms with Crippen LogP contribution >= 0.6 is 31.9 Å². The Morgan fingerprint density at radius 2 is 1.90 bits per heavy atom. The van der Waals surface area contributed by atoms with E-state index in [1.54, 1.807) is 12.3 Å². The van der Waals surface area contributed by atoms with Gasteiger partial charge in [-0.15, -0.1) is 0 Å². The van der Waals surface area contributed by atoms with Crippen LogP contribution in [0.2, 0.25) is 0 Å². The van der Waals surface area contributed by atoms with Gasteiger partial charge in [-0.2, -0.15) is 0 Å². The lowest BCUT2D eigenvalue weighted by atomic mass is 10.2. The summed E-state index contributed by atoms with van der Waals surface area (Å²) in [5, 5.41) is 2.93. The molecule has 0 aliphatic heterocycles. The lowest BCUT2D eigenvalue weighted by Gasteiger charge is -2.12. The van der Waals surface area contributed by atoms with Crippen molar-refractivity contribution in [2.24, 2.45) is 0 Å². The molecule has 4 nitrogen and oxygen atoms in total. The normalized spacial score (nSPS) is 10.7. The molecule has 6 heteroatoms. The summed E-state index contributed by atoms with van der Waals surface area (Å²) in [5.41, 5.74) is 8.78. The first-order valence-corrected chi connectivity index (χ1v) is 8.23. The standard InChI is InChI=1S/C15H17Br2N3O/c1-3-4-20-8-10(18)7-13(20)15(21)19-14-11(16)5-9(2)6-12(14)17/h5-8H,3-4,18H2,1-2H3,(H,19,21). The second-order valence-electron chi connectivity index (χ2n) is 4.91. The molecule has 2 aromatic rings. The maximum atomic E-state index is 12.5. The number of hydrogen-bond acceptors (Lipinski definition) is 2. The molecule has 0 atom stereocenters. The highest BCUT2D eigenvalue weighted by molar-refractivity contribution is 9.11. The van der Waals surface area contributed by atoms with Crippen molar-refractivity contribution in [3.05, 3.63) is 44.6 Å². The zero-order chi connectivity index (χ0) is 15.6. The van der Waals surface area contributed by atoms with Crippen LogP contribution in [0.3, 0.4) is 0 Å². The first-order valence-electron chi connectivity index (χ1n) is 6.65. The number of hydrogen-bond donors (Lipinski definition) is 2. The van der Waals surface area contributed by atoms with E-state index in [4.69, 9.17) is 5.73 Å². The van der Waals surface area contributed by atoms with E-state index in [0.717, 1.165) is 27.5 Å². The fraction of sp³-hybridized carbons (Fsp3) is 0.267. The largest absolute Gasteiger partial charge is 0.397 e. The third-order valence-corrected chi connectivity index (χ3v) is 4.29. The molecule has 0 fully saturated rings. The van der Waals surface area contributed by atoms with Gasteiger partial charge in [-0.05, 0) is 69.0 Å². The van der Waals surface area contributed by atoms with Crippen molar-refractivity contribution in [1.82, 2.24) is 4.57 Å². The third-order valence-electron chi connectivity index (χ3n) is 3.04. The molecule has 0 unspecified atom stereocenters. The predicted octanol–water partition coefficient (Wildman–Crippen LogP) is 4.57. The molecule has 1 amide bonds. The summed E-state index contributed by atoms with van der Waals surface area (Å²) in [5.74, 6) is -0.176. The first-order chi connectivity index (χ1) is 9.92. The summed E-state index contributed by atoms with van der Waals surface area (Å²) >= 11 is 6.95. The number of anilines is 2. The second-order valence-corrected chi connectivity index (χ2v) is 6.62.